The van der Waals surface area contributed by atoms with Crippen molar-refractivity contribution < 1.29 is 9.21 Å². The lowest BCUT2D eigenvalue weighted by Crippen LogP contribution is -2.27. The molecule has 0 atom stereocenters. The van der Waals surface area contributed by atoms with E-state index >= 15 is 0 Å². The van der Waals surface area contributed by atoms with E-state index < -0.39 is 0 Å². The summed E-state index contributed by atoms with van der Waals surface area (Å²) in [6.45, 7) is 4.58. The Balaban J connectivity index is 1.87. The van der Waals surface area contributed by atoms with Crippen molar-refractivity contribution >= 4 is 17.7 Å². The number of nitrogens with zero attached hydrogens (tertiary/aromatic N) is 4. The molecule has 0 aliphatic rings. The molecule has 6 nitrogen and oxygen atoms in total. The van der Waals surface area contributed by atoms with Crippen molar-refractivity contribution in [3.63, 3.8) is 0 Å². The number of thioether (sulfide) groups is 1. The molecule has 2 heterocycles. The zero-order valence-electron chi connectivity index (χ0n) is 11.8. The number of furan rings is 1. The molecule has 0 unspecified atom stereocenters. The van der Waals surface area contributed by atoms with Crippen molar-refractivity contribution in [2.75, 3.05) is 12.8 Å². The van der Waals surface area contributed by atoms with Gasteiger partial charge in [-0.1, -0.05) is 11.8 Å². The van der Waals surface area contributed by atoms with Gasteiger partial charge in [0.1, 0.15) is 12.1 Å². The van der Waals surface area contributed by atoms with Crippen LogP contribution < -0.4 is 0 Å². The van der Waals surface area contributed by atoms with Crippen molar-refractivity contribution in [3.8, 4) is 0 Å². The van der Waals surface area contributed by atoms with Crippen LogP contribution in [-0.4, -0.2) is 38.4 Å². The molecule has 0 saturated heterocycles. The second-order valence-electron chi connectivity index (χ2n) is 4.73. The van der Waals surface area contributed by atoms with E-state index in [0.717, 1.165) is 10.9 Å². The van der Waals surface area contributed by atoms with E-state index in [0.29, 0.717) is 12.3 Å². The van der Waals surface area contributed by atoms with E-state index in [-0.39, 0.29) is 11.9 Å². The number of hydrogen-bond acceptors (Lipinski definition) is 5. The summed E-state index contributed by atoms with van der Waals surface area (Å²) in [6.07, 6.45) is 3.29. The molecule has 7 heteroatoms. The minimum absolute atomic E-state index is 0.0321. The summed E-state index contributed by atoms with van der Waals surface area (Å²) >= 11 is 1.40. The van der Waals surface area contributed by atoms with E-state index in [4.69, 9.17) is 4.42 Å². The highest BCUT2D eigenvalue weighted by Gasteiger charge is 2.14. The fourth-order valence-corrected chi connectivity index (χ4v) is 2.64. The van der Waals surface area contributed by atoms with Crippen LogP contribution in [0.1, 0.15) is 25.6 Å². The molecule has 0 aliphatic carbocycles. The summed E-state index contributed by atoms with van der Waals surface area (Å²) in [5.41, 5.74) is 0. The molecule has 20 heavy (non-hydrogen) atoms. The number of carbonyl (C=O) groups is 1. The normalized spacial score (nSPS) is 11.0. The zero-order chi connectivity index (χ0) is 14.5. The van der Waals surface area contributed by atoms with Crippen LogP contribution in [0.5, 0.6) is 0 Å². The van der Waals surface area contributed by atoms with Gasteiger partial charge >= 0.3 is 0 Å². The Labute approximate surface area is 122 Å². The molecule has 0 radical (unpaired) electrons. The van der Waals surface area contributed by atoms with Crippen LogP contribution in [0.25, 0.3) is 0 Å². The summed E-state index contributed by atoms with van der Waals surface area (Å²) in [7, 11) is 1.76. The first-order valence-corrected chi connectivity index (χ1v) is 7.35. The highest BCUT2D eigenvalue weighted by molar-refractivity contribution is 7.99. The Bertz CT molecular complexity index is 550. The van der Waals surface area contributed by atoms with E-state index in [1.165, 1.54) is 11.8 Å². The highest BCUT2D eigenvalue weighted by Crippen LogP contribution is 2.19. The van der Waals surface area contributed by atoms with Crippen LogP contribution in [0.4, 0.5) is 0 Å². The average Bonchev–Trinajstić information content (AvgIpc) is 3.06. The molecular weight excluding hydrogens is 276 g/mol. The second kappa shape index (κ2) is 6.60. The minimum atomic E-state index is 0.0321. The van der Waals surface area contributed by atoms with Gasteiger partial charge in [-0.15, -0.1) is 10.2 Å². The molecule has 1 amide bonds. The smallest absolute Gasteiger partial charge is 0.233 e. The summed E-state index contributed by atoms with van der Waals surface area (Å²) in [6, 6.07) is 3.95. The van der Waals surface area contributed by atoms with Crippen LogP contribution in [-0.2, 0) is 11.3 Å². The molecule has 108 valence electrons. The Morgan fingerprint density at radius 2 is 2.35 bits per heavy atom. The molecular formula is C13H18N4O2S. The zero-order valence-corrected chi connectivity index (χ0v) is 12.6. The fourth-order valence-electron chi connectivity index (χ4n) is 1.65. The standard InChI is InChI=1S/C13H18N4O2S/c1-10(2)17-9-14-15-13(17)20-8-12(18)16(3)7-11-5-4-6-19-11/h4-6,9-10H,7-8H2,1-3H3. The van der Waals surface area contributed by atoms with Crippen LogP contribution in [0.15, 0.2) is 34.3 Å². The van der Waals surface area contributed by atoms with Crippen molar-refractivity contribution in [2.45, 2.75) is 31.6 Å². The lowest BCUT2D eigenvalue weighted by atomic mass is 10.4. The topological polar surface area (TPSA) is 64.2 Å². The van der Waals surface area contributed by atoms with Crippen LogP contribution in [0.2, 0.25) is 0 Å². The molecule has 0 aromatic carbocycles. The van der Waals surface area contributed by atoms with Crippen molar-refractivity contribution in [2.24, 2.45) is 0 Å². The van der Waals surface area contributed by atoms with Crippen molar-refractivity contribution in [1.82, 2.24) is 19.7 Å². The van der Waals surface area contributed by atoms with Crippen molar-refractivity contribution in [1.29, 1.82) is 0 Å². The third kappa shape index (κ3) is 3.63. The molecule has 2 rings (SSSR count). The van der Waals surface area contributed by atoms with Gasteiger partial charge in [-0.3, -0.25) is 4.79 Å². The lowest BCUT2D eigenvalue weighted by Gasteiger charge is -2.15. The Morgan fingerprint density at radius 1 is 1.55 bits per heavy atom. The second-order valence-corrected chi connectivity index (χ2v) is 5.67. The Hall–Kier alpha value is -1.76. The van der Waals surface area contributed by atoms with Gasteiger partial charge in [0.15, 0.2) is 5.16 Å². The number of aromatic nitrogens is 3. The van der Waals surface area contributed by atoms with E-state index in [2.05, 4.69) is 24.0 Å². The molecule has 0 aliphatic heterocycles. The van der Waals surface area contributed by atoms with Gasteiger partial charge in [-0.25, -0.2) is 0 Å². The maximum Gasteiger partial charge on any atom is 0.233 e. The quantitative estimate of drug-likeness (QED) is 0.764. The Kier molecular flexibility index (Phi) is 4.84. The molecule has 2 aromatic heterocycles. The summed E-state index contributed by atoms with van der Waals surface area (Å²) < 4.78 is 7.18. The SMILES string of the molecule is CC(C)n1cnnc1SCC(=O)N(C)Cc1ccco1. The van der Waals surface area contributed by atoms with Gasteiger partial charge < -0.3 is 13.9 Å². The third-order valence-corrected chi connectivity index (χ3v) is 3.76. The van der Waals surface area contributed by atoms with Crippen molar-refractivity contribution in [3.05, 3.63) is 30.5 Å². The van der Waals surface area contributed by atoms with Crippen LogP contribution in [0, 0.1) is 0 Å². The monoisotopic (exact) mass is 294 g/mol. The first-order chi connectivity index (χ1) is 9.58. The predicted octanol–water partition coefficient (Wildman–Crippen LogP) is 2.20. The van der Waals surface area contributed by atoms with Gasteiger partial charge in [0.25, 0.3) is 0 Å². The molecule has 0 N–H and O–H groups in total. The number of amides is 1. The van der Waals surface area contributed by atoms with E-state index in [9.17, 15) is 4.79 Å². The number of rotatable bonds is 6. The minimum Gasteiger partial charge on any atom is -0.467 e. The predicted molar refractivity (Wildman–Crippen MR) is 76.3 cm³/mol. The van der Waals surface area contributed by atoms with Crippen LogP contribution >= 0.6 is 11.8 Å². The highest BCUT2D eigenvalue weighted by atomic mass is 32.2. The van der Waals surface area contributed by atoms with Gasteiger partial charge in [0.05, 0.1) is 18.6 Å². The number of hydrogen-bond donors (Lipinski definition) is 0. The summed E-state index contributed by atoms with van der Waals surface area (Å²) in [5, 5.41) is 8.67. The van der Waals surface area contributed by atoms with E-state index in [1.807, 2.05) is 16.7 Å². The fraction of sp³-hybridized carbons (Fsp3) is 0.462. The van der Waals surface area contributed by atoms with Gasteiger partial charge in [0, 0.05) is 13.1 Å². The number of carbonyl (C=O) groups excluding carboxylic acids is 1. The average molecular weight is 294 g/mol. The van der Waals surface area contributed by atoms with Gasteiger partial charge in [-0.05, 0) is 26.0 Å². The third-order valence-electron chi connectivity index (χ3n) is 2.82. The van der Waals surface area contributed by atoms with Gasteiger partial charge in [0.2, 0.25) is 5.91 Å². The summed E-state index contributed by atoms with van der Waals surface area (Å²) in [4.78, 5) is 13.7. The molecule has 0 bridgehead atoms. The van der Waals surface area contributed by atoms with Crippen LogP contribution in [0.3, 0.4) is 0 Å². The first-order valence-electron chi connectivity index (χ1n) is 6.36. The maximum absolute atomic E-state index is 12.1. The van der Waals surface area contributed by atoms with E-state index in [1.54, 1.807) is 24.5 Å². The molecule has 0 saturated carbocycles. The first kappa shape index (κ1) is 14.6. The summed E-state index contributed by atoms with van der Waals surface area (Å²) in [5.74, 6) is 1.14. The molecule has 2 aromatic rings. The Morgan fingerprint density at radius 3 is 3.00 bits per heavy atom. The van der Waals surface area contributed by atoms with Gasteiger partial charge in [-0.2, -0.15) is 0 Å². The molecule has 0 fully saturated rings. The largest absolute Gasteiger partial charge is 0.467 e. The lowest BCUT2D eigenvalue weighted by molar-refractivity contribution is -0.127. The molecule has 0 spiro atoms. The maximum atomic E-state index is 12.1.